The van der Waals surface area contributed by atoms with Gasteiger partial charge in [-0.15, -0.1) is 0 Å². The molecule has 6 nitrogen and oxygen atoms in total. The Bertz CT molecular complexity index is 962. The summed E-state index contributed by atoms with van der Waals surface area (Å²) in [5.41, 5.74) is 3.19. The molecule has 1 aliphatic heterocycles. The number of morpholine rings is 1. The fourth-order valence-electron chi connectivity index (χ4n) is 3.15. The summed E-state index contributed by atoms with van der Waals surface area (Å²) in [5, 5.41) is 0.586. The van der Waals surface area contributed by atoms with Crippen LogP contribution in [0.15, 0.2) is 47.4 Å². The molecule has 1 N–H and O–H groups in total. The minimum atomic E-state index is -0.142. The predicted molar refractivity (Wildman–Crippen MR) is 97.4 cm³/mol. The zero-order valence-electron chi connectivity index (χ0n) is 14.0. The zero-order valence-corrected chi connectivity index (χ0v) is 14.0. The highest BCUT2D eigenvalue weighted by Gasteiger charge is 2.16. The molecule has 0 unspecified atom stereocenters. The smallest absolute Gasteiger partial charge is 0.257 e. The molecule has 0 radical (unpaired) electrons. The third-order valence-corrected chi connectivity index (χ3v) is 4.45. The normalized spacial score (nSPS) is 14.7. The van der Waals surface area contributed by atoms with Crippen molar-refractivity contribution in [3.05, 3.63) is 52.9 Å². The quantitative estimate of drug-likeness (QED) is 0.795. The van der Waals surface area contributed by atoms with Gasteiger partial charge in [-0.3, -0.25) is 9.78 Å². The first-order valence-electron chi connectivity index (χ1n) is 8.25. The number of nitrogens with one attached hydrogen (secondary N) is 1. The number of aromatic nitrogens is 2. The van der Waals surface area contributed by atoms with E-state index in [2.05, 4.69) is 14.9 Å². The third kappa shape index (κ3) is 2.96. The lowest BCUT2D eigenvalue weighted by molar-refractivity contribution is 0.122. The van der Waals surface area contributed by atoms with Gasteiger partial charge in [0, 0.05) is 24.8 Å². The second-order valence-corrected chi connectivity index (χ2v) is 5.93. The molecule has 6 heteroatoms. The van der Waals surface area contributed by atoms with Crippen LogP contribution in [-0.2, 0) is 4.74 Å². The van der Waals surface area contributed by atoms with E-state index in [0.29, 0.717) is 24.1 Å². The topological polar surface area (TPSA) is 67.5 Å². The van der Waals surface area contributed by atoms with E-state index in [1.54, 1.807) is 25.4 Å². The van der Waals surface area contributed by atoms with Crippen LogP contribution in [0.3, 0.4) is 0 Å². The lowest BCUT2D eigenvalue weighted by Crippen LogP contribution is -2.36. The number of hydrogen-bond acceptors (Lipinski definition) is 5. The summed E-state index contributed by atoms with van der Waals surface area (Å²) in [4.78, 5) is 21.8. The van der Waals surface area contributed by atoms with Crippen molar-refractivity contribution in [3.63, 3.8) is 0 Å². The number of ether oxygens (including phenoxy) is 2. The molecule has 128 valence electrons. The number of rotatable bonds is 3. The lowest BCUT2D eigenvalue weighted by Gasteiger charge is -2.30. The van der Waals surface area contributed by atoms with Crippen LogP contribution in [0.4, 0.5) is 5.69 Å². The third-order valence-electron chi connectivity index (χ3n) is 4.45. The van der Waals surface area contributed by atoms with Gasteiger partial charge in [-0.1, -0.05) is 6.07 Å². The number of nitrogens with zero attached hydrogens (tertiary/aromatic N) is 2. The van der Waals surface area contributed by atoms with E-state index in [1.807, 2.05) is 24.3 Å². The molecule has 4 rings (SSSR count). The Hall–Kier alpha value is -2.86. The fraction of sp³-hybridized carbons (Fsp3) is 0.263. The molecule has 1 fully saturated rings. The molecular formula is C19H19N3O3. The maximum Gasteiger partial charge on any atom is 0.257 e. The van der Waals surface area contributed by atoms with E-state index in [1.165, 1.54) is 0 Å². The van der Waals surface area contributed by atoms with Gasteiger partial charge < -0.3 is 19.4 Å². The molecule has 0 spiro atoms. The summed E-state index contributed by atoms with van der Waals surface area (Å²) in [6, 6.07) is 11.4. The summed E-state index contributed by atoms with van der Waals surface area (Å²) in [5.74, 6) is 0.779. The Morgan fingerprint density at radius 2 is 2.04 bits per heavy atom. The van der Waals surface area contributed by atoms with Crippen LogP contribution in [0.1, 0.15) is 0 Å². The van der Waals surface area contributed by atoms with Crippen LogP contribution < -0.4 is 15.2 Å². The standard InChI is InChI=1S/C19H19N3O3/c1-24-18-11-13(4-5-17(18)22-7-9-25-10-8-22)15-12-16-14(19(23)21-15)3-2-6-20-16/h2-6,11-12H,7-10H2,1H3,(H,21,23). The zero-order chi connectivity index (χ0) is 17.2. The number of pyridine rings is 2. The lowest BCUT2D eigenvalue weighted by atomic mass is 10.1. The first-order valence-corrected chi connectivity index (χ1v) is 8.25. The molecule has 3 aromatic rings. The number of benzene rings is 1. The van der Waals surface area contributed by atoms with Crippen molar-refractivity contribution in [1.29, 1.82) is 0 Å². The highest BCUT2D eigenvalue weighted by molar-refractivity contribution is 5.82. The van der Waals surface area contributed by atoms with Gasteiger partial charge in [0.25, 0.3) is 5.56 Å². The van der Waals surface area contributed by atoms with Gasteiger partial charge in [0.2, 0.25) is 0 Å². The van der Waals surface area contributed by atoms with Gasteiger partial charge >= 0.3 is 0 Å². The summed E-state index contributed by atoms with van der Waals surface area (Å²) >= 11 is 0. The maximum absolute atomic E-state index is 12.3. The molecule has 0 atom stereocenters. The predicted octanol–water partition coefficient (Wildman–Crippen LogP) is 2.44. The van der Waals surface area contributed by atoms with Crippen molar-refractivity contribution in [1.82, 2.24) is 9.97 Å². The molecule has 0 saturated carbocycles. The summed E-state index contributed by atoms with van der Waals surface area (Å²) in [7, 11) is 1.66. The van der Waals surface area contributed by atoms with Gasteiger partial charge in [0.15, 0.2) is 0 Å². The largest absolute Gasteiger partial charge is 0.495 e. The Balaban J connectivity index is 1.77. The highest BCUT2D eigenvalue weighted by Crippen LogP contribution is 2.33. The van der Waals surface area contributed by atoms with Crippen molar-refractivity contribution in [2.75, 3.05) is 38.3 Å². The molecule has 0 aliphatic carbocycles. The average molecular weight is 337 g/mol. The molecule has 1 saturated heterocycles. The molecular weight excluding hydrogens is 318 g/mol. The molecule has 25 heavy (non-hydrogen) atoms. The molecule has 2 aromatic heterocycles. The highest BCUT2D eigenvalue weighted by atomic mass is 16.5. The first-order chi connectivity index (χ1) is 12.3. The van der Waals surface area contributed by atoms with E-state index in [4.69, 9.17) is 9.47 Å². The number of fused-ring (bicyclic) bond motifs is 1. The van der Waals surface area contributed by atoms with Gasteiger partial charge in [-0.2, -0.15) is 0 Å². The molecule has 0 bridgehead atoms. The van der Waals surface area contributed by atoms with Crippen LogP contribution in [0.2, 0.25) is 0 Å². The Kier molecular flexibility index (Phi) is 4.11. The minimum Gasteiger partial charge on any atom is -0.495 e. The van der Waals surface area contributed by atoms with Gasteiger partial charge in [0.05, 0.1) is 42.6 Å². The van der Waals surface area contributed by atoms with Crippen LogP contribution in [0.5, 0.6) is 5.75 Å². The van der Waals surface area contributed by atoms with Crippen molar-refractivity contribution in [2.24, 2.45) is 0 Å². The van der Waals surface area contributed by atoms with Crippen LogP contribution in [0, 0.1) is 0 Å². The van der Waals surface area contributed by atoms with E-state index < -0.39 is 0 Å². The summed E-state index contributed by atoms with van der Waals surface area (Å²) in [6.07, 6.45) is 1.69. The molecule has 0 amide bonds. The van der Waals surface area contributed by atoms with Crippen LogP contribution in [-0.4, -0.2) is 43.4 Å². The molecule has 1 aromatic carbocycles. The fourth-order valence-corrected chi connectivity index (χ4v) is 3.15. The number of methoxy groups -OCH3 is 1. The van der Waals surface area contributed by atoms with Crippen molar-refractivity contribution >= 4 is 16.6 Å². The molecule has 3 heterocycles. The van der Waals surface area contributed by atoms with E-state index in [9.17, 15) is 4.79 Å². The molecule has 1 aliphatic rings. The Labute approximate surface area is 145 Å². The summed E-state index contributed by atoms with van der Waals surface area (Å²) < 4.78 is 11.0. The average Bonchev–Trinajstić information content (AvgIpc) is 2.68. The number of aromatic amines is 1. The van der Waals surface area contributed by atoms with Crippen LogP contribution >= 0.6 is 0 Å². The van der Waals surface area contributed by atoms with E-state index >= 15 is 0 Å². The van der Waals surface area contributed by atoms with Crippen LogP contribution in [0.25, 0.3) is 22.2 Å². The number of hydrogen-bond donors (Lipinski definition) is 1. The Morgan fingerprint density at radius 3 is 2.84 bits per heavy atom. The van der Waals surface area contributed by atoms with Gasteiger partial charge in [-0.05, 0) is 30.3 Å². The van der Waals surface area contributed by atoms with Crippen molar-refractivity contribution < 1.29 is 9.47 Å². The minimum absolute atomic E-state index is 0.142. The van der Waals surface area contributed by atoms with Gasteiger partial charge in [0.1, 0.15) is 5.75 Å². The first kappa shape index (κ1) is 15.7. The Morgan fingerprint density at radius 1 is 1.20 bits per heavy atom. The second kappa shape index (κ2) is 6.57. The second-order valence-electron chi connectivity index (χ2n) is 5.93. The monoisotopic (exact) mass is 337 g/mol. The number of H-pyrrole nitrogens is 1. The summed E-state index contributed by atoms with van der Waals surface area (Å²) in [6.45, 7) is 3.11. The SMILES string of the molecule is COc1cc(-c2cc3ncccc3c(=O)[nH]2)ccc1N1CCOCC1. The van der Waals surface area contributed by atoms with Crippen molar-refractivity contribution in [2.45, 2.75) is 0 Å². The van der Waals surface area contributed by atoms with Gasteiger partial charge in [-0.25, -0.2) is 0 Å². The van der Waals surface area contributed by atoms with E-state index in [-0.39, 0.29) is 5.56 Å². The van der Waals surface area contributed by atoms with Crippen molar-refractivity contribution in [3.8, 4) is 17.0 Å². The maximum atomic E-state index is 12.3. The van der Waals surface area contributed by atoms with E-state index in [0.717, 1.165) is 35.8 Å². The number of anilines is 1.